The monoisotopic (exact) mass is 226 g/mol. The highest BCUT2D eigenvalue weighted by Crippen LogP contribution is 2.31. The molecule has 0 spiro atoms. The number of thiol groups is 1. The maximum absolute atomic E-state index is 5.34. The molecule has 1 aliphatic heterocycles. The van der Waals surface area contributed by atoms with Gasteiger partial charge in [0.2, 0.25) is 0 Å². The Labute approximate surface area is 93.2 Å². The molecule has 1 atom stereocenters. The molecule has 2 heterocycles. The average Bonchev–Trinajstić information content (AvgIpc) is 2.70. The van der Waals surface area contributed by atoms with Crippen molar-refractivity contribution < 1.29 is 4.42 Å². The zero-order valence-electron chi connectivity index (χ0n) is 7.67. The lowest BCUT2D eigenvalue weighted by Crippen LogP contribution is -2.21. The molecule has 2 rings (SSSR count). The van der Waals surface area contributed by atoms with E-state index >= 15 is 0 Å². The van der Waals surface area contributed by atoms with Crippen LogP contribution < -0.4 is 0 Å². The van der Waals surface area contributed by atoms with Crippen molar-refractivity contribution in [3.05, 3.63) is 24.2 Å². The second kappa shape index (κ2) is 3.74. The van der Waals surface area contributed by atoms with Crippen LogP contribution in [-0.2, 0) is 0 Å². The summed E-state index contributed by atoms with van der Waals surface area (Å²) in [6, 6.07) is 3.87. The first-order chi connectivity index (χ1) is 6.68. The van der Waals surface area contributed by atoms with Crippen LogP contribution in [0.4, 0.5) is 0 Å². The highest BCUT2D eigenvalue weighted by molar-refractivity contribution is 8.10. The standard InChI is InChI=1S/C9H10N2OS2/c1-6-5-7(8-3-2-4-12-8)11(10-6)9(13)14/h2-4,7H,5H2,1H3,(H,13,14). The summed E-state index contributed by atoms with van der Waals surface area (Å²) >= 11 is 9.13. The summed E-state index contributed by atoms with van der Waals surface area (Å²) < 4.78 is 5.81. The summed E-state index contributed by atoms with van der Waals surface area (Å²) in [5, 5.41) is 6.01. The third kappa shape index (κ3) is 1.69. The van der Waals surface area contributed by atoms with Gasteiger partial charge < -0.3 is 4.42 Å². The molecule has 1 unspecified atom stereocenters. The predicted molar refractivity (Wildman–Crippen MR) is 62.6 cm³/mol. The van der Waals surface area contributed by atoms with Gasteiger partial charge in [-0.3, -0.25) is 0 Å². The van der Waals surface area contributed by atoms with Crippen molar-refractivity contribution in [2.45, 2.75) is 19.4 Å². The molecule has 5 heteroatoms. The fourth-order valence-electron chi connectivity index (χ4n) is 1.54. The van der Waals surface area contributed by atoms with Crippen molar-refractivity contribution in [3.8, 4) is 0 Å². The number of hydrogen-bond donors (Lipinski definition) is 1. The Bertz CT molecular complexity index is 372. The van der Waals surface area contributed by atoms with E-state index in [1.165, 1.54) is 0 Å². The molecule has 0 aromatic carbocycles. The van der Waals surface area contributed by atoms with Gasteiger partial charge in [-0.2, -0.15) is 5.10 Å². The summed E-state index contributed by atoms with van der Waals surface area (Å²) in [7, 11) is 0. The van der Waals surface area contributed by atoms with Crippen molar-refractivity contribution in [2.24, 2.45) is 5.10 Å². The van der Waals surface area contributed by atoms with E-state index in [1.807, 2.05) is 19.1 Å². The molecule has 1 aromatic rings. The summed E-state index contributed by atoms with van der Waals surface area (Å²) in [5.74, 6) is 0.877. The van der Waals surface area contributed by atoms with Crippen molar-refractivity contribution in [1.29, 1.82) is 0 Å². The molecule has 0 saturated carbocycles. The summed E-state index contributed by atoms with van der Waals surface area (Å²) in [6.07, 6.45) is 2.50. The molecule has 0 radical (unpaired) electrons. The van der Waals surface area contributed by atoms with Gasteiger partial charge in [0.05, 0.1) is 6.26 Å². The van der Waals surface area contributed by atoms with Gasteiger partial charge in [0, 0.05) is 12.1 Å². The quantitative estimate of drug-likeness (QED) is 0.589. The number of nitrogens with zero attached hydrogens (tertiary/aromatic N) is 2. The minimum Gasteiger partial charge on any atom is -0.467 e. The molecule has 0 fully saturated rings. The highest BCUT2D eigenvalue weighted by Gasteiger charge is 2.29. The number of rotatable bonds is 1. The van der Waals surface area contributed by atoms with E-state index < -0.39 is 0 Å². The SMILES string of the molecule is CC1=NN(C(=S)S)C(c2ccco2)C1. The van der Waals surface area contributed by atoms with E-state index in [-0.39, 0.29) is 6.04 Å². The van der Waals surface area contributed by atoms with Crippen LogP contribution in [-0.4, -0.2) is 15.0 Å². The van der Waals surface area contributed by atoms with Crippen LogP contribution in [0.25, 0.3) is 0 Å². The predicted octanol–water partition coefficient (Wildman–Crippen LogP) is 2.62. The largest absolute Gasteiger partial charge is 0.467 e. The van der Waals surface area contributed by atoms with E-state index in [0.29, 0.717) is 4.32 Å². The fraction of sp³-hybridized carbons (Fsp3) is 0.333. The van der Waals surface area contributed by atoms with E-state index in [1.54, 1.807) is 11.3 Å². The molecule has 74 valence electrons. The Morgan fingerprint density at radius 3 is 3.14 bits per heavy atom. The smallest absolute Gasteiger partial charge is 0.154 e. The maximum Gasteiger partial charge on any atom is 0.154 e. The van der Waals surface area contributed by atoms with Crippen LogP contribution in [0.5, 0.6) is 0 Å². The van der Waals surface area contributed by atoms with E-state index in [2.05, 4.69) is 17.7 Å². The van der Waals surface area contributed by atoms with Gasteiger partial charge >= 0.3 is 0 Å². The first-order valence-electron chi connectivity index (χ1n) is 4.28. The van der Waals surface area contributed by atoms with E-state index in [4.69, 9.17) is 16.6 Å². The van der Waals surface area contributed by atoms with Crippen molar-refractivity contribution in [1.82, 2.24) is 5.01 Å². The first kappa shape index (κ1) is 9.73. The van der Waals surface area contributed by atoms with Crippen molar-refractivity contribution >= 4 is 34.9 Å². The minimum absolute atomic E-state index is 0.0787. The average molecular weight is 226 g/mol. The van der Waals surface area contributed by atoms with Gasteiger partial charge in [0.15, 0.2) is 4.32 Å². The minimum atomic E-state index is 0.0787. The Kier molecular flexibility index (Phi) is 2.60. The Hall–Kier alpha value is -0.810. The van der Waals surface area contributed by atoms with Crippen LogP contribution in [0.2, 0.25) is 0 Å². The molecule has 0 bridgehead atoms. The normalized spacial score (nSPS) is 21.1. The van der Waals surface area contributed by atoms with Gasteiger partial charge in [-0.05, 0) is 19.1 Å². The van der Waals surface area contributed by atoms with Crippen LogP contribution in [0.3, 0.4) is 0 Å². The van der Waals surface area contributed by atoms with Crippen LogP contribution in [0, 0.1) is 0 Å². The fourth-order valence-corrected chi connectivity index (χ4v) is 1.89. The molecule has 0 saturated heterocycles. The van der Waals surface area contributed by atoms with Gasteiger partial charge in [0.1, 0.15) is 11.8 Å². The van der Waals surface area contributed by atoms with Gasteiger partial charge in [-0.15, -0.1) is 12.6 Å². The lowest BCUT2D eigenvalue weighted by molar-refractivity contribution is 0.323. The molecule has 0 amide bonds. The lowest BCUT2D eigenvalue weighted by Gasteiger charge is -2.19. The topological polar surface area (TPSA) is 28.7 Å². The summed E-state index contributed by atoms with van der Waals surface area (Å²) in [4.78, 5) is 0. The van der Waals surface area contributed by atoms with Crippen LogP contribution in [0.1, 0.15) is 25.1 Å². The number of thiocarbonyl (C=S) groups is 1. The van der Waals surface area contributed by atoms with Gasteiger partial charge in [0.25, 0.3) is 0 Å². The molecule has 0 aliphatic carbocycles. The molecule has 14 heavy (non-hydrogen) atoms. The van der Waals surface area contributed by atoms with E-state index in [9.17, 15) is 0 Å². The summed E-state index contributed by atoms with van der Waals surface area (Å²) in [5.41, 5.74) is 1.04. The maximum atomic E-state index is 5.34. The lowest BCUT2D eigenvalue weighted by atomic mass is 10.1. The zero-order chi connectivity index (χ0) is 10.1. The molecule has 0 N–H and O–H groups in total. The second-order valence-corrected chi connectivity index (χ2v) is 4.31. The Morgan fingerprint density at radius 2 is 2.57 bits per heavy atom. The van der Waals surface area contributed by atoms with Crippen molar-refractivity contribution in [2.75, 3.05) is 0 Å². The zero-order valence-corrected chi connectivity index (χ0v) is 9.39. The molecule has 1 aliphatic rings. The molecular formula is C9H10N2OS2. The second-order valence-electron chi connectivity index (χ2n) is 3.20. The molecule has 3 nitrogen and oxygen atoms in total. The first-order valence-corrected chi connectivity index (χ1v) is 5.13. The third-order valence-corrected chi connectivity index (χ3v) is 2.52. The van der Waals surface area contributed by atoms with Crippen molar-refractivity contribution in [3.63, 3.8) is 0 Å². The third-order valence-electron chi connectivity index (χ3n) is 2.13. The number of furan rings is 1. The molecular weight excluding hydrogens is 216 g/mol. The molecule has 1 aromatic heterocycles. The van der Waals surface area contributed by atoms with Crippen LogP contribution in [0.15, 0.2) is 27.9 Å². The summed E-state index contributed by atoms with van der Waals surface area (Å²) in [6.45, 7) is 1.97. The van der Waals surface area contributed by atoms with Gasteiger partial charge in [-0.1, -0.05) is 12.2 Å². The number of hydrazone groups is 1. The Balaban J connectivity index is 2.26. The van der Waals surface area contributed by atoms with Crippen LogP contribution >= 0.6 is 24.8 Å². The highest BCUT2D eigenvalue weighted by atomic mass is 32.1. The van der Waals surface area contributed by atoms with E-state index in [0.717, 1.165) is 17.9 Å². The van der Waals surface area contributed by atoms with Gasteiger partial charge in [-0.25, -0.2) is 5.01 Å². The number of hydrogen-bond acceptors (Lipinski definition) is 3. The Morgan fingerprint density at radius 1 is 1.79 bits per heavy atom.